The molecule has 9 heteroatoms. The molecular weight excluding hydrogens is 448 g/mol. The van der Waals surface area contributed by atoms with Gasteiger partial charge >= 0.3 is 11.8 Å². The number of amides is 3. The predicted octanol–water partition coefficient (Wildman–Crippen LogP) is 3.42. The SMILES string of the molecule is COc1ccc(NC(=O)C(=O)N/N=C\c2ccccc2OCC(=O)Nc2cccc(C)c2C)cc1. The Morgan fingerprint density at radius 1 is 0.886 bits per heavy atom. The molecule has 3 rings (SSSR count). The van der Waals surface area contributed by atoms with E-state index in [9.17, 15) is 14.4 Å². The van der Waals surface area contributed by atoms with Gasteiger partial charge < -0.3 is 20.1 Å². The Kier molecular flexibility index (Phi) is 8.55. The first-order chi connectivity index (χ1) is 16.9. The van der Waals surface area contributed by atoms with E-state index in [1.54, 1.807) is 48.5 Å². The van der Waals surface area contributed by atoms with Gasteiger partial charge in [-0.25, -0.2) is 5.43 Å². The molecule has 0 aliphatic rings. The minimum atomic E-state index is -0.941. The molecule has 3 aromatic carbocycles. The van der Waals surface area contributed by atoms with E-state index in [0.717, 1.165) is 16.8 Å². The van der Waals surface area contributed by atoms with Gasteiger partial charge in [0.15, 0.2) is 6.61 Å². The van der Waals surface area contributed by atoms with Crippen LogP contribution in [0.3, 0.4) is 0 Å². The Morgan fingerprint density at radius 2 is 1.63 bits per heavy atom. The molecule has 3 amide bonds. The van der Waals surface area contributed by atoms with Gasteiger partial charge in [-0.15, -0.1) is 0 Å². The van der Waals surface area contributed by atoms with E-state index >= 15 is 0 Å². The molecule has 35 heavy (non-hydrogen) atoms. The summed E-state index contributed by atoms with van der Waals surface area (Å²) >= 11 is 0. The highest BCUT2D eigenvalue weighted by molar-refractivity contribution is 6.39. The van der Waals surface area contributed by atoms with Gasteiger partial charge in [0.2, 0.25) is 0 Å². The molecule has 0 aromatic heterocycles. The first kappa shape index (κ1) is 25.0. The first-order valence-corrected chi connectivity index (χ1v) is 10.7. The Balaban J connectivity index is 1.53. The number of aryl methyl sites for hydroxylation is 1. The smallest absolute Gasteiger partial charge is 0.329 e. The van der Waals surface area contributed by atoms with Crippen LogP contribution in [0.2, 0.25) is 0 Å². The number of hydrogen-bond acceptors (Lipinski definition) is 6. The summed E-state index contributed by atoms with van der Waals surface area (Å²) in [5, 5.41) is 9.12. The fourth-order valence-electron chi connectivity index (χ4n) is 3.01. The van der Waals surface area contributed by atoms with E-state index in [1.165, 1.54) is 13.3 Å². The molecule has 0 aliphatic heterocycles. The van der Waals surface area contributed by atoms with Crippen molar-refractivity contribution in [3.8, 4) is 11.5 Å². The fraction of sp³-hybridized carbons (Fsp3) is 0.154. The zero-order valence-corrected chi connectivity index (χ0v) is 19.6. The number of hydrazone groups is 1. The maximum Gasteiger partial charge on any atom is 0.329 e. The molecular formula is C26H26N4O5. The Morgan fingerprint density at radius 3 is 2.37 bits per heavy atom. The molecule has 9 nitrogen and oxygen atoms in total. The van der Waals surface area contributed by atoms with Crippen LogP contribution in [0, 0.1) is 13.8 Å². The van der Waals surface area contributed by atoms with Gasteiger partial charge in [-0.3, -0.25) is 14.4 Å². The molecule has 0 atom stereocenters. The second-order valence-corrected chi connectivity index (χ2v) is 7.50. The van der Waals surface area contributed by atoms with Gasteiger partial charge in [-0.1, -0.05) is 24.3 Å². The molecule has 0 spiro atoms. The van der Waals surface area contributed by atoms with Crippen molar-refractivity contribution in [3.05, 3.63) is 83.4 Å². The van der Waals surface area contributed by atoms with Gasteiger partial charge in [-0.05, 0) is 67.4 Å². The number of hydrogen-bond donors (Lipinski definition) is 3. The number of nitrogens with one attached hydrogen (secondary N) is 3. The normalized spacial score (nSPS) is 10.5. The molecule has 3 N–H and O–H groups in total. The van der Waals surface area contributed by atoms with Crippen LogP contribution in [0.4, 0.5) is 11.4 Å². The van der Waals surface area contributed by atoms with Crippen molar-refractivity contribution in [2.75, 3.05) is 24.4 Å². The number of para-hydroxylation sites is 1. The zero-order valence-electron chi connectivity index (χ0n) is 19.6. The maximum absolute atomic E-state index is 12.3. The highest BCUT2D eigenvalue weighted by Gasteiger charge is 2.13. The van der Waals surface area contributed by atoms with Crippen molar-refractivity contribution >= 4 is 35.3 Å². The van der Waals surface area contributed by atoms with Crippen molar-refractivity contribution < 1.29 is 23.9 Å². The Labute approximate surface area is 203 Å². The van der Waals surface area contributed by atoms with Crippen molar-refractivity contribution in [2.45, 2.75) is 13.8 Å². The van der Waals surface area contributed by atoms with E-state index in [4.69, 9.17) is 9.47 Å². The van der Waals surface area contributed by atoms with E-state index in [2.05, 4.69) is 21.2 Å². The average molecular weight is 475 g/mol. The average Bonchev–Trinajstić information content (AvgIpc) is 2.86. The van der Waals surface area contributed by atoms with Gasteiger partial charge in [0, 0.05) is 16.9 Å². The van der Waals surface area contributed by atoms with Crippen molar-refractivity contribution in [1.82, 2.24) is 5.43 Å². The van der Waals surface area contributed by atoms with Crippen LogP contribution in [-0.4, -0.2) is 37.7 Å². The molecule has 3 aromatic rings. The fourth-order valence-corrected chi connectivity index (χ4v) is 3.01. The molecule has 0 bridgehead atoms. The molecule has 0 aliphatic carbocycles. The van der Waals surface area contributed by atoms with Crippen molar-refractivity contribution in [2.24, 2.45) is 5.10 Å². The maximum atomic E-state index is 12.3. The van der Waals surface area contributed by atoms with Crippen molar-refractivity contribution in [3.63, 3.8) is 0 Å². The Bertz CT molecular complexity index is 1240. The van der Waals surface area contributed by atoms with Crippen LogP contribution in [0.25, 0.3) is 0 Å². The summed E-state index contributed by atoms with van der Waals surface area (Å²) in [7, 11) is 1.53. The predicted molar refractivity (Wildman–Crippen MR) is 134 cm³/mol. The summed E-state index contributed by atoms with van der Waals surface area (Å²) < 4.78 is 10.7. The lowest BCUT2D eigenvalue weighted by molar-refractivity contribution is -0.136. The number of rotatable bonds is 8. The van der Waals surface area contributed by atoms with Crippen LogP contribution in [-0.2, 0) is 14.4 Å². The summed E-state index contributed by atoms with van der Waals surface area (Å²) in [5.41, 5.74) is 5.91. The summed E-state index contributed by atoms with van der Waals surface area (Å²) in [6, 6.07) is 19.1. The van der Waals surface area contributed by atoms with Crippen LogP contribution < -0.4 is 25.5 Å². The number of methoxy groups -OCH3 is 1. The quantitative estimate of drug-likeness (QED) is 0.263. The topological polar surface area (TPSA) is 118 Å². The van der Waals surface area contributed by atoms with Crippen LogP contribution >= 0.6 is 0 Å². The van der Waals surface area contributed by atoms with Crippen molar-refractivity contribution in [1.29, 1.82) is 0 Å². The van der Waals surface area contributed by atoms with E-state index < -0.39 is 11.8 Å². The second kappa shape index (κ2) is 12.0. The third-order valence-electron chi connectivity index (χ3n) is 5.08. The molecule has 0 saturated carbocycles. The summed E-state index contributed by atoms with van der Waals surface area (Å²) in [4.78, 5) is 36.4. The van der Waals surface area contributed by atoms with E-state index in [0.29, 0.717) is 22.7 Å². The van der Waals surface area contributed by atoms with Crippen LogP contribution in [0.1, 0.15) is 16.7 Å². The number of benzene rings is 3. The van der Waals surface area contributed by atoms with Gasteiger partial charge in [0.1, 0.15) is 11.5 Å². The molecule has 0 fully saturated rings. The number of nitrogens with zero attached hydrogens (tertiary/aromatic N) is 1. The molecule has 0 saturated heterocycles. The van der Waals surface area contributed by atoms with E-state index in [-0.39, 0.29) is 12.5 Å². The van der Waals surface area contributed by atoms with Crippen LogP contribution in [0.15, 0.2) is 71.8 Å². The number of carbonyl (C=O) groups excluding carboxylic acids is 3. The molecule has 0 heterocycles. The number of carbonyl (C=O) groups is 3. The number of anilines is 2. The van der Waals surface area contributed by atoms with Gasteiger partial charge in [-0.2, -0.15) is 5.10 Å². The Hall–Kier alpha value is -4.66. The molecule has 0 radical (unpaired) electrons. The highest BCUT2D eigenvalue weighted by atomic mass is 16.5. The number of ether oxygens (including phenoxy) is 2. The lowest BCUT2D eigenvalue weighted by Gasteiger charge is -2.12. The third-order valence-corrected chi connectivity index (χ3v) is 5.08. The molecule has 180 valence electrons. The molecule has 0 unspecified atom stereocenters. The highest BCUT2D eigenvalue weighted by Crippen LogP contribution is 2.19. The summed E-state index contributed by atoms with van der Waals surface area (Å²) in [5.74, 6) is -1.11. The zero-order chi connectivity index (χ0) is 25.2. The van der Waals surface area contributed by atoms with E-state index in [1.807, 2.05) is 32.0 Å². The second-order valence-electron chi connectivity index (χ2n) is 7.50. The monoisotopic (exact) mass is 474 g/mol. The lowest BCUT2D eigenvalue weighted by atomic mass is 10.1. The van der Waals surface area contributed by atoms with Gasteiger partial charge in [0.25, 0.3) is 5.91 Å². The van der Waals surface area contributed by atoms with Crippen LogP contribution in [0.5, 0.6) is 11.5 Å². The summed E-state index contributed by atoms with van der Waals surface area (Å²) in [6.07, 6.45) is 1.33. The minimum Gasteiger partial charge on any atom is -0.497 e. The summed E-state index contributed by atoms with van der Waals surface area (Å²) in [6.45, 7) is 3.69. The largest absolute Gasteiger partial charge is 0.497 e. The standard InChI is InChI=1S/C26H26N4O5/c1-17-7-6-9-22(18(17)2)29-24(31)16-35-23-10-5-4-8-19(23)15-27-30-26(33)25(32)28-20-11-13-21(34-3)14-12-20/h4-15H,16H2,1-3H3,(H,28,32)(H,29,31)(H,30,33)/b27-15-. The minimum absolute atomic E-state index is 0.213. The third kappa shape index (κ3) is 7.16. The lowest BCUT2D eigenvalue weighted by Crippen LogP contribution is -2.32. The van der Waals surface area contributed by atoms with Gasteiger partial charge in [0.05, 0.1) is 13.3 Å². The first-order valence-electron chi connectivity index (χ1n) is 10.7.